The number of aromatic hydroxyl groups is 1. The fraction of sp³-hybridized carbons (Fsp3) is 0.0500. The first kappa shape index (κ1) is 17.0. The van der Waals surface area contributed by atoms with Crippen LogP contribution in [0.1, 0.15) is 0 Å². The maximum atomic E-state index is 12.1. The first-order valence-corrected chi connectivity index (χ1v) is 9.01. The molecule has 0 saturated heterocycles. The minimum atomic E-state index is -0.446. The summed E-state index contributed by atoms with van der Waals surface area (Å²) < 4.78 is 5.13. The lowest BCUT2D eigenvalue weighted by Crippen LogP contribution is -2.11. The monoisotopic (exact) mass is 377 g/mol. The minimum absolute atomic E-state index is 0.0316. The first-order valence-electron chi connectivity index (χ1n) is 8.13. The van der Waals surface area contributed by atoms with E-state index in [2.05, 4.69) is 15.0 Å². The van der Waals surface area contributed by atoms with Gasteiger partial charge in [0.1, 0.15) is 5.01 Å². The zero-order chi connectivity index (χ0) is 18.8. The molecule has 6 nitrogen and oxygen atoms in total. The van der Waals surface area contributed by atoms with Gasteiger partial charge < -0.3 is 14.8 Å². The Morgan fingerprint density at radius 1 is 1.04 bits per heavy atom. The number of rotatable bonds is 4. The van der Waals surface area contributed by atoms with Gasteiger partial charge in [-0.05, 0) is 29.8 Å². The van der Waals surface area contributed by atoms with E-state index in [0.29, 0.717) is 22.7 Å². The fourth-order valence-electron chi connectivity index (χ4n) is 2.76. The van der Waals surface area contributed by atoms with Crippen LogP contribution in [0.3, 0.4) is 0 Å². The van der Waals surface area contributed by atoms with E-state index in [9.17, 15) is 9.90 Å². The van der Waals surface area contributed by atoms with Crippen LogP contribution in [-0.4, -0.2) is 27.2 Å². The van der Waals surface area contributed by atoms with E-state index in [0.717, 1.165) is 16.1 Å². The van der Waals surface area contributed by atoms with Gasteiger partial charge in [0.2, 0.25) is 0 Å². The molecule has 2 heterocycles. The maximum Gasteiger partial charge on any atom is 0.345 e. The second-order valence-electron chi connectivity index (χ2n) is 5.79. The number of aromatic amines is 1. The topological polar surface area (TPSA) is 88.1 Å². The molecule has 2 aromatic carbocycles. The molecular formula is C20H15N3O3S. The van der Waals surface area contributed by atoms with Gasteiger partial charge in [-0.15, -0.1) is 11.3 Å². The molecule has 0 unspecified atom stereocenters. The fourth-order valence-corrected chi connectivity index (χ4v) is 3.40. The van der Waals surface area contributed by atoms with Gasteiger partial charge in [-0.1, -0.05) is 24.3 Å². The van der Waals surface area contributed by atoms with E-state index in [-0.39, 0.29) is 5.75 Å². The number of phenols is 1. The molecule has 2 N–H and O–H groups in total. The Morgan fingerprint density at radius 2 is 1.78 bits per heavy atom. The van der Waals surface area contributed by atoms with E-state index in [4.69, 9.17) is 4.74 Å². The van der Waals surface area contributed by atoms with E-state index in [1.807, 2.05) is 29.6 Å². The van der Waals surface area contributed by atoms with Crippen molar-refractivity contribution in [1.82, 2.24) is 15.0 Å². The molecule has 0 radical (unpaired) electrons. The van der Waals surface area contributed by atoms with Crippen LogP contribution in [0.15, 0.2) is 64.9 Å². The highest BCUT2D eigenvalue weighted by molar-refractivity contribution is 7.13. The highest BCUT2D eigenvalue weighted by Crippen LogP contribution is 2.31. The Morgan fingerprint density at radius 3 is 2.48 bits per heavy atom. The molecule has 0 saturated carbocycles. The molecule has 7 heteroatoms. The van der Waals surface area contributed by atoms with Gasteiger partial charge in [-0.2, -0.15) is 4.98 Å². The summed E-state index contributed by atoms with van der Waals surface area (Å²) in [5.74, 6) is 0.355. The number of thiazole rings is 1. The SMILES string of the molecule is COc1cc(-c2cc(-c3ccc(-c4nccs4)cc3)[nH]c(=O)n2)ccc1O. The van der Waals surface area contributed by atoms with Gasteiger partial charge in [0.15, 0.2) is 11.5 Å². The lowest BCUT2D eigenvalue weighted by Gasteiger charge is -2.08. The molecule has 134 valence electrons. The number of benzene rings is 2. The van der Waals surface area contributed by atoms with E-state index in [1.165, 1.54) is 13.2 Å². The summed E-state index contributed by atoms with van der Waals surface area (Å²) in [6.07, 6.45) is 1.77. The largest absolute Gasteiger partial charge is 0.504 e. The molecule has 2 aromatic heterocycles. The summed E-state index contributed by atoms with van der Waals surface area (Å²) in [4.78, 5) is 23.2. The molecule has 0 spiro atoms. The van der Waals surface area contributed by atoms with Crippen LogP contribution in [-0.2, 0) is 0 Å². The molecule has 27 heavy (non-hydrogen) atoms. The number of hydrogen-bond donors (Lipinski definition) is 2. The zero-order valence-electron chi connectivity index (χ0n) is 14.3. The number of hydrogen-bond acceptors (Lipinski definition) is 6. The molecule has 0 aliphatic carbocycles. The molecule has 0 aliphatic rings. The molecule has 4 rings (SSSR count). The number of nitrogens with zero attached hydrogens (tertiary/aromatic N) is 2. The minimum Gasteiger partial charge on any atom is -0.504 e. The maximum absolute atomic E-state index is 12.1. The van der Waals surface area contributed by atoms with Crippen LogP contribution in [0.25, 0.3) is 33.1 Å². The predicted molar refractivity (Wildman–Crippen MR) is 105 cm³/mol. The van der Waals surface area contributed by atoms with Gasteiger partial charge in [-0.3, -0.25) is 0 Å². The van der Waals surface area contributed by atoms with Gasteiger partial charge in [-0.25, -0.2) is 9.78 Å². The van der Waals surface area contributed by atoms with Crippen molar-refractivity contribution in [1.29, 1.82) is 0 Å². The molecule has 0 fully saturated rings. The number of methoxy groups -OCH3 is 1. The van der Waals surface area contributed by atoms with Gasteiger partial charge in [0.05, 0.1) is 18.5 Å². The standard InChI is InChI=1S/C20H15N3O3S/c1-26-18-10-14(6-7-17(18)24)16-11-15(22-20(25)23-16)12-2-4-13(5-3-12)19-21-8-9-27-19/h2-11,24H,1H3,(H,22,23,25). The van der Waals surface area contributed by atoms with Crippen molar-refractivity contribution < 1.29 is 9.84 Å². The summed E-state index contributed by atoms with van der Waals surface area (Å²) >= 11 is 1.57. The summed E-state index contributed by atoms with van der Waals surface area (Å²) in [6, 6.07) is 14.4. The zero-order valence-corrected chi connectivity index (χ0v) is 15.2. The van der Waals surface area contributed by atoms with Crippen LogP contribution in [0, 0.1) is 0 Å². The Labute approximate surface area is 158 Å². The molecule has 4 aromatic rings. The van der Waals surface area contributed by atoms with Crippen molar-refractivity contribution in [3.8, 4) is 44.6 Å². The second-order valence-corrected chi connectivity index (χ2v) is 6.68. The molecule has 0 aliphatic heterocycles. The van der Waals surface area contributed by atoms with Gasteiger partial charge in [0, 0.05) is 22.7 Å². The highest BCUT2D eigenvalue weighted by Gasteiger charge is 2.10. The van der Waals surface area contributed by atoms with Crippen molar-refractivity contribution in [2.45, 2.75) is 0 Å². The first-order chi connectivity index (χ1) is 13.1. The summed E-state index contributed by atoms with van der Waals surface area (Å²) in [7, 11) is 1.47. The predicted octanol–water partition coefficient (Wildman–Crippen LogP) is 3.94. The van der Waals surface area contributed by atoms with Crippen molar-refractivity contribution in [2.75, 3.05) is 7.11 Å². The third kappa shape index (κ3) is 3.45. The molecule has 0 bridgehead atoms. The Balaban J connectivity index is 1.73. The van der Waals surface area contributed by atoms with E-state index < -0.39 is 5.69 Å². The van der Waals surface area contributed by atoms with Crippen molar-refractivity contribution in [3.05, 3.63) is 70.6 Å². The third-order valence-electron chi connectivity index (χ3n) is 4.10. The van der Waals surface area contributed by atoms with Crippen molar-refractivity contribution in [2.24, 2.45) is 0 Å². The van der Waals surface area contributed by atoms with Crippen LogP contribution in [0.4, 0.5) is 0 Å². The number of aromatic nitrogens is 3. The quantitative estimate of drug-likeness (QED) is 0.562. The molecular weight excluding hydrogens is 362 g/mol. The smallest absolute Gasteiger partial charge is 0.345 e. The lowest BCUT2D eigenvalue weighted by atomic mass is 10.1. The Hall–Kier alpha value is -3.45. The van der Waals surface area contributed by atoms with Crippen LogP contribution >= 0.6 is 11.3 Å². The van der Waals surface area contributed by atoms with E-state index in [1.54, 1.807) is 35.7 Å². The van der Waals surface area contributed by atoms with Crippen LogP contribution in [0.2, 0.25) is 0 Å². The van der Waals surface area contributed by atoms with E-state index >= 15 is 0 Å². The van der Waals surface area contributed by atoms with Gasteiger partial charge >= 0.3 is 5.69 Å². The summed E-state index contributed by atoms with van der Waals surface area (Å²) in [5, 5.41) is 12.6. The Kier molecular flexibility index (Phi) is 4.43. The van der Waals surface area contributed by atoms with Crippen molar-refractivity contribution in [3.63, 3.8) is 0 Å². The lowest BCUT2D eigenvalue weighted by molar-refractivity contribution is 0.373. The molecule has 0 atom stereocenters. The van der Waals surface area contributed by atoms with Crippen LogP contribution in [0.5, 0.6) is 11.5 Å². The molecule has 0 amide bonds. The summed E-state index contributed by atoms with van der Waals surface area (Å²) in [5.41, 5.74) is 3.27. The second kappa shape index (κ2) is 7.05. The third-order valence-corrected chi connectivity index (χ3v) is 4.92. The Bertz CT molecular complexity index is 1140. The number of phenolic OH excluding ortho intramolecular Hbond substituents is 1. The van der Waals surface area contributed by atoms with Crippen molar-refractivity contribution >= 4 is 11.3 Å². The number of ether oxygens (including phenoxy) is 1. The summed E-state index contributed by atoms with van der Waals surface area (Å²) in [6.45, 7) is 0. The average Bonchev–Trinajstić information content (AvgIpc) is 3.23. The normalized spacial score (nSPS) is 10.7. The average molecular weight is 377 g/mol. The highest BCUT2D eigenvalue weighted by atomic mass is 32.1. The van der Waals surface area contributed by atoms with Crippen LogP contribution < -0.4 is 10.4 Å². The van der Waals surface area contributed by atoms with Gasteiger partial charge in [0.25, 0.3) is 0 Å². The number of H-pyrrole nitrogens is 1. The number of nitrogens with one attached hydrogen (secondary N) is 1.